The van der Waals surface area contributed by atoms with Gasteiger partial charge in [0.2, 0.25) is 0 Å². The van der Waals surface area contributed by atoms with Gasteiger partial charge in [-0.25, -0.2) is 15.0 Å². The number of anilines is 1. The zero-order valence-electron chi connectivity index (χ0n) is 18.5. The number of benzene rings is 1. The molecule has 0 radical (unpaired) electrons. The highest BCUT2D eigenvalue weighted by Crippen LogP contribution is 2.37. The molecule has 3 aliphatic heterocycles. The van der Waals surface area contributed by atoms with Gasteiger partial charge in [-0.2, -0.15) is 0 Å². The van der Waals surface area contributed by atoms with E-state index in [0.717, 1.165) is 32.5 Å². The molecule has 11 heteroatoms. The first kappa shape index (κ1) is 21.6. The van der Waals surface area contributed by atoms with E-state index in [4.69, 9.17) is 4.74 Å². The number of fused-ring (bicyclic) bond motifs is 1. The Morgan fingerprint density at radius 1 is 1.18 bits per heavy atom. The Bertz CT molecular complexity index is 1200. The van der Waals surface area contributed by atoms with Crippen LogP contribution in [0.15, 0.2) is 43.0 Å². The van der Waals surface area contributed by atoms with Crippen molar-refractivity contribution < 1.29 is 19.7 Å². The second kappa shape index (κ2) is 8.36. The number of imidazole rings is 1. The number of aliphatic hydroxyl groups excluding tert-OH is 2. The largest absolute Gasteiger partial charge is 0.387 e. The van der Waals surface area contributed by atoms with E-state index in [2.05, 4.69) is 30.5 Å². The van der Waals surface area contributed by atoms with E-state index < -0.39 is 24.5 Å². The molecule has 5 heterocycles. The van der Waals surface area contributed by atoms with Crippen LogP contribution in [-0.4, -0.2) is 90.6 Å². The summed E-state index contributed by atoms with van der Waals surface area (Å²) in [5, 5.41) is 27.7. The highest BCUT2D eigenvalue weighted by Gasteiger charge is 2.50. The minimum Gasteiger partial charge on any atom is -0.387 e. The lowest BCUT2D eigenvalue weighted by atomic mass is 9.89. The minimum atomic E-state index is -1.14. The number of ether oxygens (including phenoxy) is 1. The third-order valence-corrected chi connectivity index (χ3v) is 7.29. The smallest absolute Gasteiger partial charge is 0.256 e. The average Bonchev–Trinajstić information content (AvgIpc) is 3.52. The molecule has 4 atom stereocenters. The summed E-state index contributed by atoms with van der Waals surface area (Å²) >= 11 is 0. The third-order valence-electron chi connectivity index (χ3n) is 7.29. The van der Waals surface area contributed by atoms with Gasteiger partial charge in [-0.05, 0) is 31.5 Å². The van der Waals surface area contributed by atoms with Crippen molar-refractivity contribution in [2.24, 2.45) is 0 Å². The lowest BCUT2D eigenvalue weighted by molar-refractivity contribution is -0.0568. The van der Waals surface area contributed by atoms with Crippen molar-refractivity contribution in [1.29, 1.82) is 0 Å². The number of aromatic nitrogens is 4. The van der Waals surface area contributed by atoms with Crippen LogP contribution in [0.4, 0.5) is 5.82 Å². The zero-order chi connectivity index (χ0) is 23.3. The van der Waals surface area contributed by atoms with Gasteiger partial charge in [0.25, 0.3) is 5.91 Å². The predicted octanol–water partition coefficient (Wildman–Crippen LogP) is 0.136. The molecule has 0 saturated carbocycles. The van der Waals surface area contributed by atoms with E-state index in [1.54, 1.807) is 28.8 Å². The van der Waals surface area contributed by atoms with Crippen molar-refractivity contribution in [3.05, 3.63) is 48.5 Å². The maximum Gasteiger partial charge on any atom is 0.256 e. The minimum absolute atomic E-state index is 0.146. The molecule has 0 unspecified atom stereocenters. The molecule has 2 aromatic heterocycles. The molecular formula is C23H27N7O4. The summed E-state index contributed by atoms with van der Waals surface area (Å²) in [7, 11) is 0. The normalized spacial score (nSPS) is 28.4. The van der Waals surface area contributed by atoms with Crippen molar-refractivity contribution in [3.8, 4) is 0 Å². The number of rotatable bonds is 5. The van der Waals surface area contributed by atoms with Gasteiger partial charge < -0.3 is 25.6 Å². The van der Waals surface area contributed by atoms with Crippen molar-refractivity contribution in [3.63, 3.8) is 0 Å². The fourth-order valence-corrected chi connectivity index (χ4v) is 5.32. The van der Waals surface area contributed by atoms with E-state index in [9.17, 15) is 15.0 Å². The molecule has 1 amide bonds. The number of carbonyl (C=O) groups is 1. The molecule has 3 fully saturated rings. The van der Waals surface area contributed by atoms with Crippen molar-refractivity contribution >= 4 is 22.9 Å². The number of hydrogen-bond acceptors (Lipinski definition) is 9. The summed E-state index contributed by atoms with van der Waals surface area (Å²) in [6, 6.07) is 8.82. The maximum atomic E-state index is 12.6. The fraction of sp³-hybridized carbons (Fsp3) is 0.478. The number of nitrogens with zero attached hydrogens (tertiary/aromatic N) is 5. The first-order valence-corrected chi connectivity index (χ1v) is 11.6. The van der Waals surface area contributed by atoms with Crippen LogP contribution in [0, 0.1) is 0 Å². The maximum absolute atomic E-state index is 12.6. The summed E-state index contributed by atoms with van der Waals surface area (Å²) in [6.45, 7) is 3.40. The molecule has 0 bridgehead atoms. The SMILES string of the molecule is O=C(Nc1ncnc2c1ncn2[C@@H]1O[C@H](CN2CCCC23CNC3)[C@@H](O)[C@H]1O)c1ccccc1. The molecule has 6 rings (SSSR count). The van der Waals surface area contributed by atoms with Gasteiger partial charge in [-0.1, -0.05) is 18.2 Å². The lowest BCUT2D eigenvalue weighted by Crippen LogP contribution is -2.67. The van der Waals surface area contributed by atoms with Gasteiger partial charge >= 0.3 is 0 Å². The molecule has 1 aromatic carbocycles. The van der Waals surface area contributed by atoms with E-state index in [1.807, 2.05) is 6.07 Å². The Balaban J connectivity index is 1.23. The fourth-order valence-electron chi connectivity index (χ4n) is 5.32. The van der Waals surface area contributed by atoms with Gasteiger partial charge in [0.15, 0.2) is 23.2 Å². The van der Waals surface area contributed by atoms with E-state index >= 15 is 0 Å². The highest BCUT2D eigenvalue weighted by atomic mass is 16.6. The Morgan fingerprint density at radius 3 is 2.76 bits per heavy atom. The topological polar surface area (TPSA) is 138 Å². The van der Waals surface area contributed by atoms with Crippen LogP contribution in [-0.2, 0) is 4.74 Å². The molecule has 3 saturated heterocycles. The van der Waals surface area contributed by atoms with E-state index in [1.165, 1.54) is 12.7 Å². The number of carbonyl (C=O) groups excluding carboxylic acids is 1. The molecule has 4 N–H and O–H groups in total. The quantitative estimate of drug-likeness (QED) is 0.414. The molecule has 11 nitrogen and oxygen atoms in total. The molecular weight excluding hydrogens is 438 g/mol. The van der Waals surface area contributed by atoms with Gasteiger partial charge in [-0.15, -0.1) is 0 Å². The molecule has 34 heavy (non-hydrogen) atoms. The molecule has 0 aliphatic carbocycles. The first-order chi connectivity index (χ1) is 16.6. The summed E-state index contributed by atoms with van der Waals surface area (Å²) in [6.07, 6.45) is 1.52. The second-order valence-corrected chi connectivity index (χ2v) is 9.29. The second-order valence-electron chi connectivity index (χ2n) is 9.29. The standard InChI is InChI=1S/C23H27N7O4/c31-17-15(9-29-8-4-7-23(29)10-24-11-23)34-22(18(17)32)30-13-27-16-19(25-12-26-20(16)30)28-21(33)14-5-2-1-3-6-14/h1-3,5-6,12-13,15,17-18,22,24,31-32H,4,7-11H2,(H,25,26,28,33)/t15-,17-,18-,22-/m1/s1. The van der Waals surface area contributed by atoms with Gasteiger partial charge in [0, 0.05) is 30.7 Å². The van der Waals surface area contributed by atoms with Crippen LogP contribution >= 0.6 is 0 Å². The molecule has 3 aliphatic rings. The van der Waals surface area contributed by atoms with Crippen LogP contribution in [0.2, 0.25) is 0 Å². The number of aliphatic hydroxyl groups is 2. The molecule has 1 spiro atoms. The number of nitrogens with one attached hydrogen (secondary N) is 2. The van der Waals surface area contributed by atoms with Gasteiger partial charge in [0.1, 0.15) is 24.6 Å². The number of likely N-dealkylation sites (tertiary alicyclic amines) is 1. The van der Waals surface area contributed by atoms with Gasteiger partial charge in [-0.3, -0.25) is 14.3 Å². The number of amides is 1. The Labute approximate surface area is 195 Å². The van der Waals surface area contributed by atoms with E-state index in [0.29, 0.717) is 23.3 Å². The first-order valence-electron chi connectivity index (χ1n) is 11.6. The van der Waals surface area contributed by atoms with Crippen LogP contribution in [0.1, 0.15) is 29.4 Å². The average molecular weight is 466 g/mol. The van der Waals surface area contributed by atoms with Crippen molar-refractivity contribution in [2.45, 2.75) is 42.9 Å². The van der Waals surface area contributed by atoms with Crippen LogP contribution in [0.5, 0.6) is 0 Å². The third kappa shape index (κ3) is 3.48. The lowest BCUT2D eigenvalue weighted by Gasteiger charge is -2.47. The zero-order valence-corrected chi connectivity index (χ0v) is 18.5. The van der Waals surface area contributed by atoms with Crippen LogP contribution < -0.4 is 10.6 Å². The Hall–Kier alpha value is -2.96. The highest BCUT2D eigenvalue weighted by molar-refractivity contribution is 6.06. The van der Waals surface area contributed by atoms with E-state index in [-0.39, 0.29) is 17.3 Å². The number of hydrogen-bond donors (Lipinski definition) is 4. The Morgan fingerprint density at radius 2 is 2.00 bits per heavy atom. The predicted molar refractivity (Wildman–Crippen MR) is 122 cm³/mol. The summed E-state index contributed by atoms with van der Waals surface area (Å²) in [5.41, 5.74) is 1.42. The summed E-state index contributed by atoms with van der Waals surface area (Å²) in [5.74, 6) is -0.0495. The monoisotopic (exact) mass is 465 g/mol. The van der Waals surface area contributed by atoms with Crippen LogP contribution in [0.25, 0.3) is 11.2 Å². The van der Waals surface area contributed by atoms with Crippen LogP contribution in [0.3, 0.4) is 0 Å². The summed E-state index contributed by atoms with van der Waals surface area (Å²) < 4.78 is 7.76. The van der Waals surface area contributed by atoms with Crippen molar-refractivity contribution in [2.75, 3.05) is 31.5 Å². The molecule has 3 aromatic rings. The van der Waals surface area contributed by atoms with Gasteiger partial charge in [0.05, 0.1) is 6.33 Å². The molecule has 178 valence electrons. The van der Waals surface area contributed by atoms with Crippen molar-refractivity contribution in [1.82, 2.24) is 29.7 Å². The summed E-state index contributed by atoms with van der Waals surface area (Å²) in [4.78, 5) is 27.8. The Kier molecular flexibility index (Phi) is 5.30.